The molecule has 2 fully saturated rings. The normalized spacial score (nSPS) is 23.6. The molecule has 1 atom stereocenters. The minimum atomic E-state index is -0.985. The highest BCUT2D eigenvalue weighted by Gasteiger charge is 2.60. The van der Waals surface area contributed by atoms with E-state index in [1.807, 2.05) is 36.1 Å². The molecule has 29 heavy (non-hydrogen) atoms. The van der Waals surface area contributed by atoms with Crippen molar-refractivity contribution in [2.75, 3.05) is 17.2 Å². The molecule has 0 aromatic heterocycles. The summed E-state index contributed by atoms with van der Waals surface area (Å²) in [6, 6.07) is 12.3. The van der Waals surface area contributed by atoms with Gasteiger partial charge in [-0.05, 0) is 43.5 Å². The first-order valence-electron chi connectivity index (χ1n) is 10.1. The lowest BCUT2D eigenvalue weighted by Crippen LogP contribution is -2.52. The molecular weight excluding hydrogens is 387 g/mol. The van der Waals surface area contributed by atoms with Gasteiger partial charge in [0.05, 0.1) is 12.2 Å². The third-order valence-electron chi connectivity index (χ3n) is 6.30. The molecule has 6 heteroatoms. The van der Waals surface area contributed by atoms with Crippen LogP contribution in [0.15, 0.2) is 42.5 Å². The first kappa shape index (κ1) is 18.7. The molecule has 2 amide bonds. The van der Waals surface area contributed by atoms with Crippen molar-refractivity contribution in [3.8, 4) is 0 Å². The molecule has 2 heterocycles. The third kappa shape index (κ3) is 2.80. The Morgan fingerprint density at radius 2 is 2.07 bits per heavy atom. The van der Waals surface area contributed by atoms with Gasteiger partial charge in [0.2, 0.25) is 5.91 Å². The van der Waals surface area contributed by atoms with Crippen molar-refractivity contribution in [2.24, 2.45) is 5.92 Å². The van der Waals surface area contributed by atoms with Crippen molar-refractivity contribution in [3.05, 3.63) is 65.0 Å². The molecular formula is C23H23FN2O2S. The Hall–Kier alpha value is -2.34. The minimum Gasteiger partial charge on any atom is -0.315 e. The predicted octanol–water partition coefficient (Wildman–Crippen LogP) is 4.21. The van der Waals surface area contributed by atoms with Gasteiger partial charge in [0.25, 0.3) is 5.91 Å². The number of fused-ring (bicyclic) bond motifs is 2. The first-order valence-corrected chi connectivity index (χ1v) is 11.1. The lowest BCUT2D eigenvalue weighted by molar-refractivity contribution is -0.145. The number of anilines is 1. The van der Waals surface area contributed by atoms with E-state index in [0.717, 1.165) is 47.4 Å². The lowest BCUT2D eigenvalue weighted by Gasteiger charge is -2.37. The smallest absolute Gasteiger partial charge is 0.268 e. The Morgan fingerprint density at radius 3 is 2.79 bits per heavy atom. The third-order valence-corrected chi connectivity index (χ3v) is 7.72. The molecule has 4 nitrogen and oxygen atoms in total. The molecule has 1 unspecified atom stereocenters. The number of carbonyl (C=O) groups excluding carboxylic acids is 2. The summed E-state index contributed by atoms with van der Waals surface area (Å²) in [5.41, 5.74) is 3.52. The number of aryl methyl sites for hydroxylation is 1. The molecule has 0 N–H and O–H groups in total. The zero-order valence-corrected chi connectivity index (χ0v) is 17.2. The Balaban J connectivity index is 1.58. The Labute approximate surface area is 174 Å². The van der Waals surface area contributed by atoms with Crippen molar-refractivity contribution < 1.29 is 14.0 Å². The summed E-state index contributed by atoms with van der Waals surface area (Å²) in [5, 5.41) is 0. The van der Waals surface area contributed by atoms with Gasteiger partial charge in [-0.15, -0.1) is 11.8 Å². The van der Waals surface area contributed by atoms with Gasteiger partial charge in [-0.3, -0.25) is 9.59 Å². The summed E-state index contributed by atoms with van der Waals surface area (Å²) < 4.78 is 13.7. The standard InChI is InChI=1S/C23H23FN2O2S/c1-15-8-9-20-19(12-15)23(26(10-11-29-23)21(27)17-5-3-6-17)22(28)25(20)14-16-4-2-7-18(24)13-16/h2,4,7-9,12-13,17H,3,5-6,10-11,14H2,1H3. The molecule has 2 aromatic rings. The highest BCUT2D eigenvalue weighted by molar-refractivity contribution is 8.01. The van der Waals surface area contributed by atoms with Crippen LogP contribution in [0.4, 0.5) is 10.1 Å². The van der Waals surface area contributed by atoms with E-state index in [-0.39, 0.29) is 23.5 Å². The molecule has 1 spiro atoms. The van der Waals surface area contributed by atoms with Crippen LogP contribution in [0.25, 0.3) is 0 Å². The number of amides is 2. The number of nitrogens with zero attached hydrogens (tertiary/aromatic N) is 2. The number of thioether (sulfide) groups is 1. The maximum Gasteiger partial charge on any atom is 0.268 e. The number of benzene rings is 2. The SMILES string of the molecule is Cc1ccc2c(c1)C1(SCCN1C(=O)C1CCC1)C(=O)N2Cc1cccc(F)c1. The van der Waals surface area contributed by atoms with Gasteiger partial charge in [-0.1, -0.05) is 36.2 Å². The Morgan fingerprint density at radius 1 is 1.24 bits per heavy atom. The average Bonchev–Trinajstić information content (AvgIpc) is 3.18. The second kappa shape index (κ2) is 6.87. The van der Waals surface area contributed by atoms with Crippen molar-refractivity contribution in [2.45, 2.75) is 37.6 Å². The summed E-state index contributed by atoms with van der Waals surface area (Å²) in [5.74, 6) is 0.492. The molecule has 5 rings (SSSR count). The fourth-order valence-electron chi connectivity index (χ4n) is 4.60. The highest BCUT2D eigenvalue weighted by Crippen LogP contribution is 2.55. The molecule has 2 aliphatic heterocycles. The number of hydrogen-bond donors (Lipinski definition) is 0. The quantitative estimate of drug-likeness (QED) is 0.761. The van der Waals surface area contributed by atoms with E-state index in [1.165, 1.54) is 12.1 Å². The number of rotatable bonds is 3. The zero-order chi connectivity index (χ0) is 20.2. The van der Waals surface area contributed by atoms with Crippen LogP contribution in [0.2, 0.25) is 0 Å². The number of halogens is 1. The average molecular weight is 411 g/mol. The molecule has 150 valence electrons. The van der Waals surface area contributed by atoms with Crippen LogP contribution in [-0.2, 0) is 21.0 Å². The molecule has 0 bridgehead atoms. The van der Waals surface area contributed by atoms with Crippen molar-refractivity contribution in [1.82, 2.24) is 4.90 Å². The van der Waals surface area contributed by atoms with Crippen LogP contribution in [0.1, 0.15) is 36.0 Å². The van der Waals surface area contributed by atoms with Crippen molar-refractivity contribution >= 4 is 29.3 Å². The van der Waals surface area contributed by atoms with Crippen LogP contribution in [-0.4, -0.2) is 29.0 Å². The van der Waals surface area contributed by atoms with Gasteiger partial charge in [0.1, 0.15) is 5.82 Å². The van der Waals surface area contributed by atoms with E-state index in [4.69, 9.17) is 0 Å². The summed E-state index contributed by atoms with van der Waals surface area (Å²) in [6.07, 6.45) is 2.91. The van der Waals surface area contributed by atoms with Gasteiger partial charge in [-0.2, -0.15) is 0 Å². The van der Waals surface area contributed by atoms with Crippen LogP contribution >= 0.6 is 11.8 Å². The molecule has 2 aromatic carbocycles. The molecule has 3 aliphatic rings. The Bertz CT molecular complexity index is 1010. The van der Waals surface area contributed by atoms with Crippen LogP contribution in [0, 0.1) is 18.7 Å². The largest absolute Gasteiger partial charge is 0.315 e. The fourth-order valence-corrected chi connectivity index (χ4v) is 6.06. The maximum absolute atomic E-state index is 13.8. The monoisotopic (exact) mass is 410 g/mol. The summed E-state index contributed by atoms with van der Waals surface area (Å²) in [6.45, 7) is 2.89. The van der Waals surface area contributed by atoms with Crippen LogP contribution in [0.5, 0.6) is 0 Å². The zero-order valence-electron chi connectivity index (χ0n) is 16.4. The first-order chi connectivity index (χ1) is 14.0. The maximum atomic E-state index is 13.8. The van der Waals surface area contributed by atoms with Gasteiger partial charge < -0.3 is 9.80 Å². The van der Waals surface area contributed by atoms with E-state index in [2.05, 4.69) is 0 Å². The van der Waals surface area contributed by atoms with Gasteiger partial charge in [0, 0.05) is 23.8 Å². The van der Waals surface area contributed by atoms with Crippen LogP contribution < -0.4 is 4.90 Å². The molecule has 0 radical (unpaired) electrons. The van der Waals surface area contributed by atoms with E-state index in [9.17, 15) is 14.0 Å². The fraction of sp³-hybridized carbons (Fsp3) is 0.391. The topological polar surface area (TPSA) is 40.6 Å². The second-order valence-electron chi connectivity index (χ2n) is 8.15. The second-order valence-corrected chi connectivity index (χ2v) is 9.44. The molecule has 1 saturated carbocycles. The van der Waals surface area contributed by atoms with Gasteiger partial charge in [-0.25, -0.2) is 4.39 Å². The minimum absolute atomic E-state index is 0.0453. The molecule has 1 saturated heterocycles. The van der Waals surface area contributed by atoms with Gasteiger partial charge in [0.15, 0.2) is 4.87 Å². The lowest BCUT2D eigenvalue weighted by atomic mass is 9.84. The summed E-state index contributed by atoms with van der Waals surface area (Å²) in [7, 11) is 0. The van der Waals surface area contributed by atoms with E-state index in [0.29, 0.717) is 13.1 Å². The van der Waals surface area contributed by atoms with Gasteiger partial charge >= 0.3 is 0 Å². The summed E-state index contributed by atoms with van der Waals surface area (Å²) >= 11 is 1.56. The van der Waals surface area contributed by atoms with E-state index in [1.54, 1.807) is 22.7 Å². The number of hydrogen-bond acceptors (Lipinski definition) is 3. The predicted molar refractivity (Wildman–Crippen MR) is 112 cm³/mol. The van der Waals surface area contributed by atoms with Crippen LogP contribution in [0.3, 0.4) is 0 Å². The highest BCUT2D eigenvalue weighted by atomic mass is 32.2. The van der Waals surface area contributed by atoms with Crippen molar-refractivity contribution in [3.63, 3.8) is 0 Å². The summed E-state index contributed by atoms with van der Waals surface area (Å²) in [4.78, 5) is 29.6. The van der Waals surface area contributed by atoms with Crippen molar-refractivity contribution in [1.29, 1.82) is 0 Å². The van der Waals surface area contributed by atoms with E-state index >= 15 is 0 Å². The molecule has 1 aliphatic carbocycles. The Kier molecular flexibility index (Phi) is 4.42. The van der Waals surface area contributed by atoms with E-state index < -0.39 is 4.87 Å². The number of carbonyl (C=O) groups is 2.